The van der Waals surface area contributed by atoms with Gasteiger partial charge in [0.1, 0.15) is 0 Å². The molecule has 1 aliphatic carbocycles. The third-order valence-electron chi connectivity index (χ3n) is 4.94. The second kappa shape index (κ2) is 7.08. The summed E-state index contributed by atoms with van der Waals surface area (Å²) in [5, 5.41) is 0. The number of hydrogen-bond donors (Lipinski definition) is 0. The summed E-state index contributed by atoms with van der Waals surface area (Å²) in [5.74, 6) is 0.993. The van der Waals surface area contributed by atoms with E-state index in [1.54, 1.807) is 5.56 Å². The fraction of sp³-hybridized carbons (Fsp3) is 0.579. The molecule has 0 bridgehead atoms. The van der Waals surface area contributed by atoms with Gasteiger partial charge in [-0.1, -0.05) is 30.3 Å². The number of rotatable bonds is 4. The molecule has 1 heterocycles. The number of piperidine rings is 1. The number of hydrogen-bond acceptors (Lipinski definition) is 1. The second-order valence-corrected chi connectivity index (χ2v) is 6.61. The first kappa shape index (κ1) is 15.3. The highest BCUT2D eigenvalue weighted by Crippen LogP contribution is 2.54. The van der Waals surface area contributed by atoms with Gasteiger partial charge in [-0.15, -0.1) is 13.2 Å². The van der Waals surface area contributed by atoms with Gasteiger partial charge in [-0.25, -0.2) is 0 Å². The maximum Gasteiger partial charge on any atom is -0.00191 e. The maximum absolute atomic E-state index is 3.00. The lowest BCUT2D eigenvalue weighted by Gasteiger charge is -2.31. The van der Waals surface area contributed by atoms with Crippen LogP contribution in [0, 0.1) is 11.3 Å². The molecule has 1 saturated carbocycles. The van der Waals surface area contributed by atoms with E-state index in [4.69, 9.17) is 0 Å². The normalized spacial score (nSPS) is 21.9. The van der Waals surface area contributed by atoms with E-state index in [1.165, 1.54) is 51.6 Å². The Morgan fingerprint density at radius 3 is 2.25 bits per heavy atom. The average molecular weight is 271 g/mol. The molecule has 3 rings (SSSR count). The van der Waals surface area contributed by atoms with Crippen molar-refractivity contribution in [3.8, 4) is 0 Å². The van der Waals surface area contributed by atoms with Crippen molar-refractivity contribution in [2.24, 2.45) is 11.3 Å². The van der Waals surface area contributed by atoms with Crippen LogP contribution in [0.4, 0.5) is 0 Å². The van der Waals surface area contributed by atoms with Gasteiger partial charge in [0.05, 0.1) is 0 Å². The molecule has 2 fully saturated rings. The molecule has 1 aromatic rings. The first-order valence-electron chi connectivity index (χ1n) is 7.98. The van der Waals surface area contributed by atoms with Gasteiger partial charge in [0.2, 0.25) is 0 Å². The third kappa shape index (κ3) is 4.21. The van der Waals surface area contributed by atoms with Crippen molar-refractivity contribution in [2.75, 3.05) is 20.1 Å². The number of benzene rings is 1. The van der Waals surface area contributed by atoms with E-state index >= 15 is 0 Å². The Kier molecular flexibility index (Phi) is 5.42. The molecule has 0 unspecified atom stereocenters. The summed E-state index contributed by atoms with van der Waals surface area (Å²) in [6.45, 7) is 8.62. The molecule has 0 radical (unpaired) electrons. The van der Waals surface area contributed by atoms with Gasteiger partial charge < -0.3 is 4.90 Å². The molecular weight excluding hydrogens is 242 g/mol. The second-order valence-electron chi connectivity index (χ2n) is 6.61. The van der Waals surface area contributed by atoms with Gasteiger partial charge in [-0.3, -0.25) is 0 Å². The predicted octanol–water partition coefficient (Wildman–Crippen LogP) is 4.54. The minimum absolute atomic E-state index is 0.682. The van der Waals surface area contributed by atoms with Gasteiger partial charge in [0.15, 0.2) is 0 Å². The Balaban J connectivity index is 0.000000704. The summed E-state index contributed by atoms with van der Waals surface area (Å²) in [6, 6.07) is 11.1. The van der Waals surface area contributed by atoms with Crippen molar-refractivity contribution in [3.63, 3.8) is 0 Å². The molecule has 2 aliphatic rings. The molecule has 0 spiro atoms. The van der Waals surface area contributed by atoms with Crippen LogP contribution in [0.25, 0.3) is 0 Å². The highest BCUT2D eigenvalue weighted by molar-refractivity contribution is 5.18. The lowest BCUT2D eigenvalue weighted by Crippen LogP contribution is -2.31. The fourth-order valence-electron chi connectivity index (χ4n) is 3.54. The standard InChI is InChI=1S/C17H25N.C2H4/c1-18-11-7-16(8-12-18)14-17(9-10-17)13-15-5-3-2-4-6-15;1-2/h2-6,16H,7-14H2,1H3;1-2H2. The van der Waals surface area contributed by atoms with Crippen molar-refractivity contribution < 1.29 is 0 Å². The minimum atomic E-state index is 0.682. The van der Waals surface area contributed by atoms with Gasteiger partial charge in [0, 0.05) is 0 Å². The zero-order valence-electron chi connectivity index (χ0n) is 13.0. The molecule has 1 aromatic carbocycles. The molecule has 1 nitrogen and oxygen atoms in total. The van der Waals surface area contributed by atoms with Gasteiger partial charge >= 0.3 is 0 Å². The molecule has 0 amide bonds. The predicted molar refractivity (Wildman–Crippen MR) is 87.9 cm³/mol. The molecule has 110 valence electrons. The van der Waals surface area contributed by atoms with Gasteiger partial charge in [-0.2, -0.15) is 0 Å². The molecule has 0 atom stereocenters. The first-order valence-corrected chi connectivity index (χ1v) is 7.98. The fourth-order valence-corrected chi connectivity index (χ4v) is 3.54. The summed E-state index contributed by atoms with van der Waals surface area (Å²) in [4.78, 5) is 2.48. The summed E-state index contributed by atoms with van der Waals surface area (Å²) in [5.41, 5.74) is 2.23. The Bertz CT molecular complexity index is 385. The van der Waals surface area contributed by atoms with Crippen LogP contribution in [-0.4, -0.2) is 25.0 Å². The van der Waals surface area contributed by atoms with Crippen molar-refractivity contribution in [2.45, 2.75) is 38.5 Å². The van der Waals surface area contributed by atoms with E-state index in [0.717, 1.165) is 5.92 Å². The Morgan fingerprint density at radius 1 is 1.10 bits per heavy atom. The van der Waals surface area contributed by atoms with Crippen molar-refractivity contribution >= 4 is 0 Å². The smallest absolute Gasteiger partial charge is 0.00191 e. The van der Waals surface area contributed by atoms with Crippen LogP contribution in [0.1, 0.15) is 37.7 Å². The topological polar surface area (TPSA) is 3.24 Å². The maximum atomic E-state index is 3.00. The van der Waals surface area contributed by atoms with Gasteiger partial charge in [0.25, 0.3) is 0 Å². The minimum Gasteiger partial charge on any atom is -0.306 e. The highest BCUT2D eigenvalue weighted by Gasteiger charge is 2.43. The largest absolute Gasteiger partial charge is 0.306 e. The van der Waals surface area contributed by atoms with Crippen LogP contribution < -0.4 is 0 Å². The van der Waals surface area contributed by atoms with E-state index in [2.05, 4.69) is 55.4 Å². The Labute approximate surface area is 124 Å². The number of likely N-dealkylation sites (tertiary alicyclic amines) is 1. The molecule has 0 aromatic heterocycles. The molecule has 1 saturated heterocycles. The van der Waals surface area contributed by atoms with Crippen molar-refractivity contribution in [1.29, 1.82) is 0 Å². The van der Waals surface area contributed by atoms with Crippen LogP contribution in [0.5, 0.6) is 0 Å². The van der Waals surface area contributed by atoms with Gasteiger partial charge in [-0.05, 0) is 75.6 Å². The molecular formula is C19H29N. The van der Waals surface area contributed by atoms with E-state index in [0.29, 0.717) is 5.41 Å². The van der Waals surface area contributed by atoms with Crippen LogP contribution in [-0.2, 0) is 6.42 Å². The summed E-state index contributed by atoms with van der Waals surface area (Å²) >= 11 is 0. The van der Waals surface area contributed by atoms with E-state index in [9.17, 15) is 0 Å². The zero-order chi connectivity index (χ0) is 14.4. The molecule has 1 aliphatic heterocycles. The lowest BCUT2D eigenvalue weighted by atomic mass is 9.82. The Morgan fingerprint density at radius 2 is 1.70 bits per heavy atom. The average Bonchev–Trinajstić information content (AvgIpc) is 3.24. The number of nitrogens with zero attached hydrogens (tertiary/aromatic N) is 1. The molecule has 1 heteroatoms. The third-order valence-corrected chi connectivity index (χ3v) is 4.94. The van der Waals surface area contributed by atoms with E-state index in [1.807, 2.05) is 0 Å². The van der Waals surface area contributed by atoms with E-state index in [-0.39, 0.29) is 0 Å². The van der Waals surface area contributed by atoms with Crippen LogP contribution in [0.15, 0.2) is 43.5 Å². The monoisotopic (exact) mass is 271 g/mol. The summed E-state index contributed by atoms with van der Waals surface area (Å²) in [7, 11) is 2.26. The highest BCUT2D eigenvalue weighted by atomic mass is 15.1. The van der Waals surface area contributed by atoms with E-state index < -0.39 is 0 Å². The molecule has 20 heavy (non-hydrogen) atoms. The quantitative estimate of drug-likeness (QED) is 0.727. The van der Waals surface area contributed by atoms with Crippen molar-refractivity contribution in [1.82, 2.24) is 4.90 Å². The van der Waals surface area contributed by atoms with Crippen LogP contribution >= 0.6 is 0 Å². The molecule has 0 N–H and O–H groups in total. The zero-order valence-corrected chi connectivity index (χ0v) is 13.0. The SMILES string of the molecule is C=C.CN1CCC(CC2(Cc3ccccc3)CC2)CC1. The Hall–Kier alpha value is -1.08. The summed E-state index contributed by atoms with van der Waals surface area (Å²) in [6.07, 6.45) is 8.58. The lowest BCUT2D eigenvalue weighted by molar-refractivity contribution is 0.189. The van der Waals surface area contributed by atoms with Crippen molar-refractivity contribution in [3.05, 3.63) is 49.1 Å². The van der Waals surface area contributed by atoms with Crippen LogP contribution in [0.3, 0.4) is 0 Å². The summed E-state index contributed by atoms with van der Waals surface area (Å²) < 4.78 is 0. The first-order chi connectivity index (χ1) is 9.76. The van der Waals surface area contributed by atoms with Crippen LogP contribution in [0.2, 0.25) is 0 Å².